The van der Waals surface area contributed by atoms with E-state index >= 15 is 0 Å². The standard InChI is InChI=1S/C18H26N2O2/c1-2-10-22-15-8-5-7-14(12-15)19-18(21)17-11-13-6-3-4-9-16(13)20-17/h5,7-8,12-13,16-17,20H,2-4,6,9-11H2,1H3,(H,19,21). The summed E-state index contributed by atoms with van der Waals surface area (Å²) in [7, 11) is 0. The highest BCUT2D eigenvalue weighted by atomic mass is 16.5. The third-order valence-corrected chi connectivity index (χ3v) is 4.75. The third-order valence-electron chi connectivity index (χ3n) is 4.75. The molecule has 2 aliphatic rings. The van der Waals surface area contributed by atoms with Crippen LogP contribution in [0.3, 0.4) is 0 Å². The van der Waals surface area contributed by atoms with Crippen LogP contribution in [0.25, 0.3) is 0 Å². The summed E-state index contributed by atoms with van der Waals surface area (Å²) in [6, 6.07) is 8.15. The van der Waals surface area contributed by atoms with Crippen molar-refractivity contribution in [2.45, 2.75) is 57.5 Å². The van der Waals surface area contributed by atoms with E-state index in [4.69, 9.17) is 4.74 Å². The number of nitrogens with one attached hydrogen (secondary N) is 2. The van der Waals surface area contributed by atoms with Gasteiger partial charge in [-0.05, 0) is 43.7 Å². The maximum absolute atomic E-state index is 12.5. The van der Waals surface area contributed by atoms with Gasteiger partial charge in [-0.15, -0.1) is 0 Å². The van der Waals surface area contributed by atoms with E-state index in [-0.39, 0.29) is 11.9 Å². The second-order valence-corrected chi connectivity index (χ2v) is 6.47. The minimum absolute atomic E-state index is 0.0479. The van der Waals surface area contributed by atoms with Crippen molar-refractivity contribution in [3.63, 3.8) is 0 Å². The Labute approximate surface area is 132 Å². The van der Waals surface area contributed by atoms with Crippen molar-refractivity contribution in [3.8, 4) is 5.75 Å². The lowest BCUT2D eigenvalue weighted by Crippen LogP contribution is -2.39. The average molecular weight is 302 g/mol. The molecule has 4 nitrogen and oxygen atoms in total. The number of fused-ring (bicyclic) bond motifs is 1. The molecule has 1 aromatic rings. The second kappa shape index (κ2) is 7.14. The molecular weight excluding hydrogens is 276 g/mol. The Morgan fingerprint density at radius 3 is 3.05 bits per heavy atom. The first-order chi connectivity index (χ1) is 10.8. The molecule has 1 heterocycles. The number of rotatable bonds is 5. The zero-order valence-electron chi connectivity index (χ0n) is 13.3. The largest absolute Gasteiger partial charge is 0.494 e. The Hall–Kier alpha value is -1.55. The molecule has 2 fully saturated rings. The van der Waals surface area contributed by atoms with Crippen molar-refractivity contribution in [3.05, 3.63) is 24.3 Å². The van der Waals surface area contributed by atoms with E-state index in [9.17, 15) is 4.79 Å². The number of anilines is 1. The van der Waals surface area contributed by atoms with Crippen LogP contribution in [0.2, 0.25) is 0 Å². The molecule has 1 aromatic carbocycles. The fourth-order valence-corrected chi connectivity index (χ4v) is 3.63. The SMILES string of the molecule is CCCOc1cccc(NC(=O)C2CC3CCCCC3N2)c1. The molecule has 120 valence electrons. The molecular formula is C18H26N2O2. The molecule has 0 radical (unpaired) electrons. The van der Waals surface area contributed by atoms with Crippen LogP contribution in [0.5, 0.6) is 5.75 Å². The van der Waals surface area contributed by atoms with Gasteiger partial charge in [0.2, 0.25) is 5.91 Å². The number of benzene rings is 1. The number of carbonyl (C=O) groups excluding carboxylic acids is 1. The Morgan fingerprint density at radius 1 is 1.36 bits per heavy atom. The summed E-state index contributed by atoms with van der Waals surface area (Å²) < 4.78 is 5.61. The first kappa shape index (κ1) is 15.3. The van der Waals surface area contributed by atoms with Crippen LogP contribution in [-0.2, 0) is 4.79 Å². The smallest absolute Gasteiger partial charge is 0.241 e. The van der Waals surface area contributed by atoms with Gasteiger partial charge in [0.05, 0.1) is 12.6 Å². The lowest BCUT2D eigenvalue weighted by Gasteiger charge is -2.24. The maximum atomic E-state index is 12.5. The predicted octanol–water partition coefficient (Wildman–Crippen LogP) is 3.33. The van der Waals surface area contributed by atoms with E-state index in [1.165, 1.54) is 25.7 Å². The van der Waals surface area contributed by atoms with E-state index in [0.29, 0.717) is 18.6 Å². The van der Waals surface area contributed by atoms with Gasteiger partial charge in [-0.1, -0.05) is 25.8 Å². The third kappa shape index (κ3) is 3.61. The number of ether oxygens (including phenoxy) is 1. The first-order valence-electron chi connectivity index (χ1n) is 8.56. The fourth-order valence-electron chi connectivity index (χ4n) is 3.63. The summed E-state index contributed by atoms with van der Waals surface area (Å²) in [5.41, 5.74) is 0.815. The summed E-state index contributed by atoms with van der Waals surface area (Å²) in [6.45, 7) is 2.78. The minimum atomic E-state index is -0.0479. The van der Waals surface area contributed by atoms with Gasteiger partial charge in [-0.2, -0.15) is 0 Å². The summed E-state index contributed by atoms with van der Waals surface area (Å²) in [5, 5.41) is 6.55. The maximum Gasteiger partial charge on any atom is 0.241 e. The monoisotopic (exact) mass is 302 g/mol. The van der Waals surface area contributed by atoms with Gasteiger partial charge in [-0.25, -0.2) is 0 Å². The molecule has 1 saturated heterocycles. The van der Waals surface area contributed by atoms with Crippen LogP contribution in [0.1, 0.15) is 45.4 Å². The summed E-state index contributed by atoms with van der Waals surface area (Å²) >= 11 is 0. The molecule has 3 rings (SSSR count). The van der Waals surface area contributed by atoms with Gasteiger partial charge in [-0.3, -0.25) is 4.79 Å². The van der Waals surface area contributed by atoms with Crippen LogP contribution < -0.4 is 15.4 Å². The van der Waals surface area contributed by atoms with Gasteiger partial charge in [0.1, 0.15) is 5.75 Å². The van der Waals surface area contributed by atoms with Crippen molar-refractivity contribution in [2.24, 2.45) is 5.92 Å². The second-order valence-electron chi connectivity index (χ2n) is 6.47. The Morgan fingerprint density at radius 2 is 2.23 bits per heavy atom. The minimum Gasteiger partial charge on any atom is -0.494 e. The van der Waals surface area contributed by atoms with Crippen LogP contribution in [0.4, 0.5) is 5.69 Å². The summed E-state index contributed by atoms with van der Waals surface area (Å²) in [6.07, 6.45) is 7.04. The van der Waals surface area contributed by atoms with E-state index < -0.39 is 0 Å². The highest BCUT2D eigenvalue weighted by Crippen LogP contribution is 2.33. The van der Waals surface area contributed by atoms with E-state index in [2.05, 4.69) is 17.6 Å². The molecule has 2 N–H and O–H groups in total. The quantitative estimate of drug-likeness (QED) is 0.877. The fraction of sp³-hybridized carbons (Fsp3) is 0.611. The topological polar surface area (TPSA) is 50.4 Å². The molecule has 1 saturated carbocycles. The molecule has 3 unspecified atom stereocenters. The van der Waals surface area contributed by atoms with Crippen LogP contribution in [0, 0.1) is 5.92 Å². The highest BCUT2D eigenvalue weighted by molar-refractivity contribution is 5.95. The molecule has 0 aromatic heterocycles. The number of amides is 1. The van der Waals surface area contributed by atoms with Crippen molar-refractivity contribution >= 4 is 11.6 Å². The van der Waals surface area contributed by atoms with Crippen LogP contribution in [-0.4, -0.2) is 24.6 Å². The van der Waals surface area contributed by atoms with Gasteiger partial charge in [0.25, 0.3) is 0 Å². The molecule has 0 spiro atoms. The Balaban J connectivity index is 1.57. The zero-order valence-corrected chi connectivity index (χ0v) is 13.3. The van der Waals surface area contributed by atoms with Crippen molar-refractivity contribution in [1.82, 2.24) is 5.32 Å². The summed E-state index contributed by atoms with van der Waals surface area (Å²) in [4.78, 5) is 12.5. The molecule has 22 heavy (non-hydrogen) atoms. The number of hydrogen-bond acceptors (Lipinski definition) is 3. The zero-order chi connectivity index (χ0) is 15.4. The molecule has 3 atom stereocenters. The molecule has 1 amide bonds. The van der Waals surface area contributed by atoms with Crippen LogP contribution >= 0.6 is 0 Å². The summed E-state index contributed by atoms with van der Waals surface area (Å²) in [5.74, 6) is 1.58. The lowest BCUT2D eigenvalue weighted by atomic mass is 9.85. The van der Waals surface area contributed by atoms with Crippen molar-refractivity contribution in [2.75, 3.05) is 11.9 Å². The molecule has 1 aliphatic heterocycles. The normalized spacial score (nSPS) is 27.2. The molecule has 0 bridgehead atoms. The molecule has 1 aliphatic carbocycles. The number of hydrogen-bond donors (Lipinski definition) is 2. The van der Waals surface area contributed by atoms with E-state index in [1.54, 1.807) is 0 Å². The lowest BCUT2D eigenvalue weighted by molar-refractivity contribution is -0.117. The van der Waals surface area contributed by atoms with Gasteiger partial charge in [0.15, 0.2) is 0 Å². The average Bonchev–Trinajstić information content (AvgIpc) is 2.97. The van der Waals surface area contributed by atoms with Gasteiger partial charge >= 0.3 is 0 Å². The Bertz CT molecular complexity index is 504. The Kier molecular flexibility index (Phi) is 4.98. The van der Waals surface area contributed by atoms with Crippen molar-refractivity contribution < 1.29 is 9.53 Å². The number of carbonyl (C=O) groups is 1. The molecule has 4 heteroatoms. The highest BCUT2D eigenvalue weighted by Gasteiger charge is 2.38. The predicted molar refractivity (Wildman–Crippen MR) is 88.1 cm³/mol. The van der Waals surface area contributed by atoms with Crippen molar-refractivity contribution in [1.29, 1.82) is 0 Å². The van der Waals surface area contributed by atoms with E-state index in [1.807, 2.05) is 24.3 Å². The van der Waals surface area contributed by atoms with Gasteiger partial charge in [0, 0.05) is 17.8 Å². The van der Waals surface area contributed by atoms with Gasteiger partial charge < -0.3 is 15.4 Å². The van der Waals surface area contributed by atoms with E-state index in [0.717, 1.165) is 24.3 Å². The van der Waals surface area contributed by atoms with Crippen LogP contribution in [0.15, 0.2) is 24.3 Å². The first-order valence-corrected chi connectivity index (χ1v) is 8.56.